The number of para-hydroxylation sites is 1. The number of benzene rings is 2. The molecule has 2 aromatic rings. The van der Waals surface area contributed by atoms with Crippen molar-refractivity contribution in [1.29, 1.82) is 0 Å². The van der Waals surface area contributed by atoms with Gasteiger partial charge in [-0.25, -0.2) is 4.79 Å². The van der Waals surface area contributed by atoms with Gasteiger partial charge in [0.25, 0.3) is 0 Å². The quantitative estimate of drug-likeness (QED) is 0.893. The number of nitrogens with zero attached hydrogens (tertiary/aromatic N) is 2. The Hall–Kier alpha value is -2.89. The lowest BCUT2D eigenvalue weighted by atomic mass is 10.1. The molecule has 27 heavy (non-hydrogen) atoms. The molecule has 2 amide bonds. The van der Waals surface area contributed by atoms with Crippen LogP contribution in [-0.4, -0.2) is 51.3 Å². The second kappa shape index (κ2) is 8.20. The highest BCUT2D eigenvalue weighted by molar-refractivity contribution is 5.90. The molecule has 3 rings (SSSR count). The van der Waals surface area contributed by atoms with Gasteiger partial charge in [-0.3, -0.25) is 0 Å². The van der Waals surface area contributed by atoms with Crippen LogP contribution in [0.25, 0.3) is 0 Å². The van der Waals surface area contributed by atoms with Gasteiger partial charge in [0, 0.05) is 43.6 Å². The number of urea groups is 1. The number of rotatable bonds is 4. The average Bonchev–Trinajstić information content (AvgIpc) is 2.68. The Balaban J connectivity index is 1.62. The fourth-order valence-corrected chi connectivity index (χ4v) is 3.55. The van der Waals surface area contributed by atoms with Crippen LogP contribution in [0.1, 0.15) is 11.1 Å². The molecule has 6 nitrogen and oxygen atoms in total. The standard InChI is InChI=1S/C21H27N3O3/c1-15-6-5-7-16(2)20(15)23-10-12-24(13-11-23)21(25)22-17-8-9-18(26-3)19(14-17)27-4/h5-9,14H,10-13H2,1-4H3,(H,22,25). The monoisotopic (exact) mass is 369 g/mol. The van der Waals surface area contributed by atoms with Gasteiger partial charge in [-0.2, -0.15) is 0 Å². The molecule has 144 valence electrons. The maximum absolute atomic E-state index is 12.6. The Morgan fingerprint density at radius 1 is 0.926 bits per heavy atom. The molecule has 0 unspecified atom stereocenters. The van der Waals surface area contributed by atoms with Crippen molar-refractivity contribution in [3.63, 3.8) is 0 Å². The summed E-state index contributed by atoms with van der Waals surface area (Å²) >= 11 is 0. The number of amides is 2. The molecule has 0 spiro atoms. The minimum Gasteiger partial charge on any atom is -0.493 e. The number of hydrogen-bond donors (Lipinski definition) is 1. The van der Waals surface area contributed by atoms with Gasteiger partial charge in [0.15, 0.2) is 11.5 Å². The summed E-state index contributed by atoms with van der Waals surface area (Å²) in [4.78, 5) is 16.8. The smallest absolute Gasteiger partial charge is 0.321 e. The first kappa shape index (κ1) is 18.9. The Kier molecular flexibility index (Phi) is 5.74. The summed E-state index contributed by atoms with van der Waals surface area (Å²) in [6.07, 6.45) is 0. The minimum absolute atomic E-state index is 0.0941. The van der Waals surface area contributed by atoms with E-state index >= 15 is 0 Å². The molecule has 0 aromatic heterocycles. The van der Waals surface area contributed by atoms with Crippen LogP contribution in [-0.2, 0) is 0 Å². The number of ether oxygens (including phenoxy) is 2. The summed E-state index contributed by atoms with van der Waals surface area (Å²) in [5.41, 5.74) is 4.53. The van der Waals surface area contributed by atoms with Crippen LogP contribution in [0.15, 0.2) is 36.4 Å². The second-order valence-corrected chi connectivity index (χ2v) is 6.71. The molecular weight excluding hydrogens is 342 g/mol. The highest BCUT2D eigenvalue weighted by Gasteiger charge is 2.23. The third kappa shape index (κ3) is 4.10. The van der Waals surface area contributed by atoms with Gasteiger partial charge in [-0.15, -0.1) is 0 Å². The van der Waals surface area contributed by atoms with Gasteiger partial charge in [-0.1, -0.05) is 18.2 Å². The fraction of sp³-hybridized carbons (Fsp3) is 0.381. The largest absolute Gasteiger partial charge is 0.493 e. The number of anilines is 2. The number of carbonyl (C=O) groups is 1. The summed E-state index contributed by atoms with van der Waals surface area (Å²) in [6.45, 7) is 7.30. The van der Waals surface area contributed by atoms with Crippen LogP contribution in [0, 0.1) is 13.8 Å². The van der Waals surface area contributed by atoms with Gasteiger partial charge < -0.3 is 24.6 Å². The summed E-state index contributed by atoms with van der Waals surface area (Å²) in [5, 5.41) is 2.95. The van der Waals surface area contributed by atoms with E-state index < -0.39 is 0 Å². The van der Waals surface area contributed by atoms with Crippen molar-refractivity contribution < 1.29 is 14.3 Å². The van der Waals surface area contributed by atoms with E-state index in [9.17, 15) is 4.79 Å². The first-order valence-electron chi connectivity index (χ1n) is 9.12. The molecular formula is C21H27N3O3. The summed E-state index contributed by atoms with van der Waals surface area (Å²) in [5.74, 6) is 1.23. The number of aryl methyl sites for hydroxylation is 2. The Morgan fingerprint density at radius 2 is 1.56 bits per heavy atom. The zero-order chi connectivity index (χ0) is 19.4. The zero-order valence-corrected chi connectivity index (χ0v) is 16.4. The lowest BCUT2D eigenvalue weighted by Crippen LogP contribution is -2.50. The van der Waals surface area contributed by atoms with Crippen LogP contribution in [0.4, 0.5) is 16.2 Å². The normalized spacial score (nSPS) is 14.1. The molecule has 6 heteroatoms. The van der Waals surface area contributed by atoms with Gasteiger partial charge in [-0.05, 0) is 37.1 Å². The highest BCUT2D eigenvalue weighted by atomic mass is 16.5. The number of nitrogens with one attached hydrogen (secondary N) is 1. The third-order valence-electron chi connectivity index (χ3n) is 4.96. The molecule has 1 heterocycles. The molecule has 2 aromatic carbocycles. The second-order valence-electron chi connectivity index (χ2n) is 6.71. The third-order valence-corrected chi connectivity index (χ3v) is 4.96. The molecule has 0 bridgehead atoms. The van der Waals surface area contributed by atoms with Crippen LogP contribution in [0.3, 0.4) is 0 Å². The lowest BCUT2D eigenvalue weighted by molar-refractivity contribution is 0.208. The first-order valence-corrected chi connectivity index (χ1v) is 9.12. The Morgan fingerprint density at radius 3 is 2.15 bits per heavy atom. The van der Waals surface area contributed by atoms with E-state index in [1.165, 1.54) is 16.8 Å². The molecule has 1 aliphatic heterocycles. The number of carbonyl (C=O) groups excluding carboxylic acids is 1. The van der Waals surface area contributed by atoms with Gasteiger partial charge in [0.1, 0.15) is 0 Å². The van der Waals surface area contributed by atoms with E-state index in [1.54, 1.807) is 26.4 Å². The highest BCUT2D eigenvalue weighted by Crippen LogP contribution is 2.30. The Labute approximate surface area is 160 Å². The lowest BCUT2D eigenvalue weighted by Gasteiger charge is -2.37. The van der Waals surface area contributed by atoms with Crippen LogP contribution in [0.5, 0.6) is 11.5 Å². The van der Waals surface area contributed by atoms with E-state index in [0.717, 1.165) is 13.1 Å². The summed E-state index contributed by atoms with van der Waals surface area (Å²) < 4.78 is 10.5. The van der Waals surface area contributed by atoms with Crippen molar-refractivity contribution in [2.75, 3.05) is 50.6 Å². The maximum Gasteiger partial charge on any atom is 0.321 e. The number of piperazine rings is 1. The van der Waals surface area contributed by atoms with Crippen LogP contribution >= 0.6 is 0 Å². The predicted molar refractivity (Wildman–Crippen MR) is 108 cm³/mol. The van der Waals surface area contributed by atoms with Crippen molar-refractivity contribution >= 4 is 17.4 Å². The first-order chi connectivity index (χ1) is 13.0. The van der Waals surface area contributed by atoms with Crippen LogP contribution < -0.4 is 19.7 Å². The van der Waals surface area contributed by atoms with Crippen molar-refractivity contribution in [2.45, 2.75) is 13.8 Å². The van der Waals surface area contributed by atoms with E-state index in [0.29, 0.717) is 30.3 Å². The SMILES string of the molecule is COc1ccc(NC(=O)N2CCN(c3c(C)cccc3C)CC2)cc1OC. The van der Waals surface area contributed by atoms with E-state index in [-0.39, 0.29) is 6.03 Å². The zero-order valence-electron chi connectivity index (χ0n) is 16.4. The van der Waals surface area contributed by atoms with E-state index in [1.807, 2.05) is 11.0 Å². The van der Waals surface area contributed by atoms with Crippen molar-refractivity contribution in [3.8, 4) is 11.5 Å². The van der Waals surface area contributed by atoms with E-state index in [2.05, 4.69) is 42.3 Å². The van der Waals surface area contributed by atoms with Gasteiger partial charge >= 0.3 is 6.03 Å². The summed E-state index contributed by atoms with van der Waals surface area (Å²) in [6, 6.07) is 11.6. The average molecular weight is 369 g/mol. The minimum atomic E-state index is -0.0941. The van der Waals surface area contributed by atoms with Crippen molar-refractivity contribution in [1.82, 2.24) is 4.90 Å². The van der Waals surface area contributed by atoms with Crippen LogP contribution in [0.2, 0.25) is 0 Å². The molecule has 1 fully saturated rings. The molecule has 0 aliphatic carbocycles. The number of hydrogen-bond acceptors (Lipinski definition) is 4. The summed E-state index contributed by atoms with van der Waals surface area (Å²) in [7, 11) is 3.17. The fourth-order valence-electron chi connectivity index (χ4n) is 3.55. The topological polar surface area (TPSA) is 54.0 Å². The number of methoxy groups -OCH3 is 2. The predicted octanol–water partition coefficient (Wildman–Crippen LogP) is 3.67. The van der Waals surface area contributed by atoms with Gasteiger partial charge in [0.05, 0.1) is 14.2 Å². The molecule has 1 saturated heterocycles. The van der Waals surface area contributed by atoms with Crippen molar-refractivity contribution in [2.24, 2.45) is 0 Å². The molecule has 1 N–H and O–H groups in total. The maximum atomic E-state index is 12.6. The molecule has 0 radical (unpaired) electrons. The van der Waals surface area contributed by atoms with Gasteiger partial charge in [0.2, 0.25) is 0 Å². The molecule has 0 saturated carbocycles. The molecule has 1 aliphatic rings. The van der Waals surface area contributed by atoms with Crippen molar-refractivity contribution in [3.05, 3.63) is 47.5 Å². The molecule has 0 atom stereocenters. The van der Waals surface area contributed by atoms with E-state index in [4.69, 9.17) is 9.47 Å². The Bertz CT molecular complexity index is 794.